The Hall–Kier alpha value is -2.87. The number of pyridine rings is 1. The summed E-state index contributed by atoms with van der Waals surface area (Å²) >= 11 is -0.947. The van der Waals surface area contributed by atoms with Gasteiger partial charge in [0.15, 0.2) is 5.69 Å². The Morgan fingerprint density at radius 2 is 1.97 bits per heavy atom. The predicted octanol–water partition coefficient (Wildman–Crippen LogP) is 2.47. The van der Waals surface area contributed by atoms with Crippen LogP contribution in [0.1, 0.15) is 41.5 Å². The van der Waals surface area contributed by atoms with Crippen LogP contribution in [-0.2, 0) is 11.4 Å². The lowest BCUT2D eigenvalue weighted by molar-refractivity contribution is 0.0300. The molecular weight excluding hydrogens is 478 g/mol. The van der Waals surface area contributed by atoms with Crippen molar-refractivity contribution < 1.29 is 18.1 Å². The molecule has 0 bridgehead atoms. The van der Waals surface area contributed by atoms with Crippen LogP contribution in [0.4, 0.5) is 14.5 Å². The summed E-state index contributed by atoms with van der Waals surface area (Å²) in [6.45, 7) is 2.98. The third kappa shape index (κ3) is 5.08. The number of aromatic amines is 1. The molecule has 2 aliphatic rings. The second-order valence-electron chi connectivity index (χ2n) is 8.72. The third-order valence-electron chi connectivity index (χ3n) is 6.53. The maximum absolute atomic E-state index is 13.7. The molecule has 2 aliphatic heterocycles. The number of halogens is 2. The number of rotatable bonds is 7. The summed E-state index contributed by atoms with van der Waals surface area (Å²) in [6, 6.07) is 6.96. The minimum atomic E-state index is -2.83. The van der Waals surface area contributed by atoms with Crippen molar-refractivity contribution in [3.63, 3.8) is 0 Å². The first-order chi connectivity index (χ1) is 16.9. The van der Waals surface area contributed by atoms with Crippen LogP contribution >= 0.6 is 0 Å². The van der Waals surface area contributed by atoms with Gasteiger partial charge in [0.2, 0.25) is 0 Å². The Labute approximate surface area is 204 Å². The van der Waals surface area contributed by atoms with E-state index in [1.54, 1.807) is 30.7 Å². The van der Waals surface area contributed by atoms with Crippen molar-refractivity contribution in [3.05, 3.63) is 48.0 Å². The van der Waals surface area contributed by atoms with E-state index in [1.165, 1.54) is 16.9 Å². The number of amides is 1. The molecule has 2 fully saturated rings. The minimum absolute atomic E-state index is 0.0193. The molecule has 10 nitrogen and oxygen atoms in total. The highest BCUT2D eigenvalue weighted by Gasteiger charge is 2.37. The van der Waals surface area contributed by atoms with E-state index < -0.39 is 29.4 Å². The van der Waals surface area contributed by atoms with Gasteiger partial charge >= 0.3 is 0 Å². The molecule has 0 saturated carbocycles. The van der Waals surface area contributed by atoms with Crippen LogP contribution in [0.15, 0.2) is 36.7 Å². The lowest BCUT2D eigenvalue weighted by Crippen LogP contribution is -2.56. The van der Waals surface area contributed by atoms with Crippen LogP contribution in [0.2, 0.25) is 0 Å². The zero-order valence-electron chi connectivity index (χ0n) is 19.1. The molecule has 0 radical (unpaired) electrons. The first-order valence-corrected chi connectivity index (χ1v) is 12.9. The van der Waals surface area contributed by atoms with Gasteiger partial charge in [-0.1, -0.05) is 6.07 Å². The quantitative estimate of drug-likeness (QED) is 0.475. The number of carbonyl (C=O) groups excluding carboxylic acids is 1. The van der Waals surface area contributed by atoms with Crippen molar-refractivity contribution in [1.29, 1.82) is 0 Å². The Kier molecular flexibility index (Phi) is 6.82. The zero-order chi connectivity index (χ0) is 24.5. The SMILES string of the molecule is C[S+]([O-])N1CCC(N2CC(n3cc(NC(=O)c4cccc(-c5cc[nH]n5)n4)c(C(F)F)n3)C2)CC1. The molecule has 186 valence electrons. The fourth-order valence-corrected chi connectivity index (χ4v) is 5.29. The number of carbonyl (C=O) groups is 1. The Morgan fingerprint density at radius 3 is 2.63 bits per heavy atom. The molecule has 35 heavy (non-hydrogen) atoms. The predicted molar refractivity (Wildman–Crippen MR) is 126 cm³/mol. The summed E-state index contributed by atoms with van der Waals surface area (Å²) in [7, 11) is 0. The topological polar surface area (TPSA) is 118 Å². The number of H-pyrrole nitrogens is 1. The first-order valence-electron chi connectivity index (χ1n) is 11.4. The van der Waals surface area contributed by atoms with Gasteiger partial charge in [-0.25, -0.2) is 13.8 Å². The standard InChI is InChI=1S/C22H26F2N8O2S/c1-35(34)31-9-6-14(7-10-31)30-11-15(12-30)32-13-19(20(29-32)21(23)24)27-22(33)18-4-2-3-16(26-18)17-5-8-25-28-17/h2-5,8,13-15,21H,6-7,9-12H2,1H3,(H,25,28)(H,27,33). The largest absolute Gasteiger partial charge is 0.598 e. The van der Waals surface area contributed by atoms with Gasteiger partial charge in [-0.3, -0.25) is 19.5 Å². The maximum Gasteiger partial charge on any atom is 0.284 e. The Balaban J connectivity index is 1.24. The van der Waals surface area contributed by atoms with Gasteiger partial charge in [0.25, 0.3) is 12.3 Å². The van der Waals surface area contributed by atoms with Gasteiger partial charge in [-0.2, -0.15) is 10.2 Å². The smallest absolute Gasteiger partial charge is 0.284 e. The molecule has 0 aromatic carbocycles. The lowest BCUT2D eigenvalue weighted by Gasteiger charge is -2.46. The molecule has 3 aromatic rings. The van der Waals surface area contributed by atoms with Crippen molar-refractivity contribution >= 4 is 23.0 Å². The number of piperidine rings is 1. The first kappa shape index (κ1) is 23.9. The van der Waals surface area contributed by atoms with Crippen LogP contribution in [0.5, 0.6) is 0 Å². The Bertz CT molecular complexity index is 1160. The van der Waals surface area contributed by atoms with Gasteiger partial charge in [0.1, 0.15) is 17.6 Å². The van der Waals surface area contributed by atoms with E-state index in [9.17, 15) is 18.1 Å². The molecule has 1 atom stereocenters. The van der Waals surface area contributed by atoms with Gasteiger partial charge in [0, 0.05) is 56.0 Å². The van der Waals surface area contributed by atoms with Crippen LogP contribution in [-0.4, -0.2) is 83.1 Å². The second kappa shape index (κ2) is 10.0. The van der Waals surface area contributed by atoms with Crippen LogP contribution in [0.3, 0.4) is 0 Å². The summed E-state index contributed by atoms with van der Waals surface area (Å²) < 4.78 is 42.5. The molecule has 0 aliphatic carbocycles. The fraction of sp³-hybridized carbons (Fsp3) is 0.455. The molecule has 5 rings (SSSR count). The summed E-state index contributed by atoms with van der Waals surface area (Å²) in [6.07, 6.45) is 3.84. The third-order valence-corrected chi connectivity index (χ3v) is 7.62. The molecule has 1 amide bonds. The fourth-order valence-electron chi connectivity index (χ4n) is 4.56. The van der Waals surface area contributed by atoms with Crippen LogP contribution < -0.4 is 5.32 Å². The normalized spacial score (nSPS) is 19.1. The van der Waals surface area contributed by atoms with E-state index >= 15 is 0 Å². The molecule has 0 spiro atoms. The summed E-state index contributed by atoms with van der Waals surface area (Å²) in [5, 5.41) is 13.4. The lowest BCUT2D eigenvalue weighted by atomic mass is 9.98. The highest BCUT2D eigenvalue weighted by molar-refractivity contribution is 7.88. The summed E-state index contributed by atoms with van der Waals surface area (Å²) in [5.74, 6) is -0.598. The molecule has 2 N–H and O–H groups in total. The summed E-state index contributed by atoms with van der Waals surface area (Å²) in [5.41, 5.74) is 0.680. The van der Waals surface area contributed by atoms with Gasteiger partial charge in [-0.05, 0) is 31.0 Å². The highest BCUT2D eigenvalue weighted by Crippen LogP contribution is 2.32. The van der Waals surface area contributed by atoms with Gasteiger partial charge in [0.05, 0.1) is 17.4 Å². The van der Waals surface area contributed by atoms with Crippen molar-refractivity contribution in [3.8, 4) is 11.4 Å². The van der Waals surface area contributed by atoms with E-state index in [2.05, 4.69) is 30.5 Å². The maximum atomic E-state index is 13.7. The average Bonchev–Trinajstić information content (AvgIpc) is 3.49. The van der Waals surface area contributed by atoms with E-state index in [-0.39, 0.29) is 17.4 Å². The van der Waals surface area contributed by atoms with Crippen LogP contribution in [0, 0.1) is 0 Å². The number of nitrogens with zero attached hydrogens (tertiary/aromatic N) is 6. The number of alkyl halides is 2. The van der Waals surface area contributed by atoms with Crippen molar-refractivity contribution in [2.45, 2.75) is 31.4 Å². The van der Waals surface area contributed by atoms with Gasteiger partial charge < -0.3 is 9.87 Å². The molecule has 3 aromatic heterocycles. The second-order valence-corrected chi connectivity index (χ2v) is 10.1. The van der Waals surface area contributed by atoms with Crippen molar-refractivity contribution in [1.82, 2.24) is 34.2 Å². The number of hydrogen-bond donors (Lipinski definition) is 2. The Morgan fingerprint density at radius 1 is 1.20 bits per heavy atom. The van der Waals surface area contributed by atoms with E-state index in [0.717, 1.165) is 25.9 Å². The molecule has 5 heterocycles. The number of hydrogen-bond acceptors (Lipinski definition) is 7. The molecule has 13 heteroatoms. The molecule has 2 saturated heterocycles. The number of anilines is 1. The highest BCUT2D eigenvalue weighted by atomic mass is 32.2. The van der Waals surface area contributed by atoms with Crippen molar-refractivity contribution in [2.75, 3.05) is 37.8 Å². The molecular formula is C22H26F2N8O2S. The number of aromatic nitrogens is 5. The monoisotopic (exact) mass is 504 g/mol. The average molecular weight is 505 g/mol. The van der Waals surface area contributed by atoms with Gasteiger partial charge in [-0.15, -0.1) is 4.31 Å². The van der Waals surface area contributed by atoms with Crippen LogP contribution in [0.25, 0.3) is 11.4 Å². The number of likely N-dealkylation sites (tertiary alicyclic amines) is 1. The zero-order valence-corrected chi connectivity index (χ0v) is 19.9. The molecule has 1 unspecified atom stereocenters. The van der Waals surface area contributed by atoms with E-state index in [4.69, 9.17) is 0 Å². The van der Waals surface area contributed by atoms with Crippen molar-refractivity contribution in [2.24, 2.45) is 0 Å². The van der Waals surface area contributed by atoms with E-state index in [1.807, 2.05) is 4.31 Å². The van der Waals surface area contributed by atoms with E-state index in [0.29, 0.717) is 30.5 Å². The minimum Gasteiger partial charge on any atom is -0.598 e. The number of nitrogens with one attached hydrogen (secondary N) is 2. The summed E-state index contributed by atoms with van der Waals surface area (Å²) in [4.78, 5) is 19.4.